The molecule has 0 aromatic carbocycles. The lowest BCUT2D eigenvalue weighted by Crippen LogP contribution is -2.51. The Balaban J connectivity index is 1.56. The highest BCUT2D eigenvalue weighted by Gasteiger charge is 2.48. The van der Waals surface area contributed by atoms with Gasteiger partial charge in [-0.2, -0.15) is 32.5 Å². The Kier molecular flexibility index (Phi) is 6.23. The van der Waals surface area contributed by atoms with E-state index in [-0.39, 0.29) is 30.1 Å². The van der Waals surface area contributed by atoms with Crippen molar-refractivity contribution in [2.24, 2.45) is 7.05 Å². The smallest absolute Gasteiger partial charge is 0.268 e. The summed E-state index contributed by atoms with van der Waals surface area (Å²) < 4.78 is 70.6. The van der Waals surface area contributed by atoms with Gasteiger partial charge in [-0.1, -0.05) is 6.08 Å². The van der Waals surface area contributed by atoms with Crippen LogP contribution in [0.2, 0.25) is 0 Å². The second-order valence-electron chi connectivity index (χ2n) is 9.74. The molecule has 15 heteroatoms. The number of hydrogen-bond donors (Lipinski definition) is 1. The number of amides is 3. The summed E-state index contributed by atoms with van der Waals surface area (Å²) in [4.78, 5) is 32.8. The highest BCUT2D eigenvalue weighted by atomic mass is 32.2. The summed E-state index contributed by atoms with van der Waals surface area (Å²) in [7, 11) is -2.56. The number of nitrogens with one attached hydrogen (secondary N) is 1. The highest BCUT2D eigenvalue weighted by Crippen LogP contribution is 2.36. The van der Waals surface area contributed by atoms with Crippen LogP contribution < -0.4 is 4.72 Å². The second-order valence-corrected chi connectivity index (χ2v) is 12.9. The van der Waals surface area contributed by atoms with Gasteiger partial charge in [0.25, 0.3) is 0 Å². The molecule has 10 nitrogen and oxygen atoms in total. The average Bonchev–Trinajstić information content (AvgIpc) is 3.20. The number of fused-ring (bicyclic) bond motifs is 1. The molecular formula is C23H24F3N6O4S2+. The molecular weight excluding hydrogens is 545 g/mol. The first-order valence-corrected chi connectivity index (χ1v) is 14.0. The Morgan fingerprint density at radius 2 is 2.00 bits per heavy atom. The van der Waals surface area contributed by atoms with E-state index in [0.29, 0.717) is 17.7 Å². The topological polar surface area (TPSA) is 117 Å². The van der Waals surface area contributed by atoms with Gasteiger partial charge in [0.05, 0.1) is 15.6 Å². The number of carbonyl (C=O) groups is 2. The molecule has 3 amide bonds. The number of nitrogens with zero attached hydrogens (tertiary/aromatic N) is 5. The van der Waals surface area contributed by atoms with Crippen molar-refractivity contribution in [2.45, 2.75) is 56.7 Å². The summed E-state index contributed by atoms with van der Waals surface area (Å²) in [5.74, 6) is -0.699. The van der Waals surface area contributed by atoms with Crippen LogP contribution in [0.25, 0.3) is 0 Å². The standard InChI is InChI=1S/C23H24F3N6O4S2/c1-13-27-10-15(37-13)12-32-20(33)17-9-16(38(35,36)29-22(2)6-7-22)4-5-18(17)31(21(32)34)11-14-8-19(23(24,25)26)28-30(14)3/h4-5,8-10,16,29H,6-7,11-12H2,1-3H3/q+1. The molecule has 0 radical (unpaired) electrons. The minimum Gasteiger partial charge on any atom is -0.268 e. The van der Waals surface area contributed by atoms with Crippen LogP contribution in [0.1, 0.15) is 41.0 Å². The van der Waals surface area contributed by atoms with Crippen LogP contribution in [-0.2, 0) is 41.1 Å². The molecule has 3 heterocycles. The van der Waals surface area contributed by atoms with Crippen molar-refractivity contribution in [1.82, 2.24) is 24.4 Å². The number of allylic oxidation sites excluding steroid dienone is 1. The van der Waals surface area contributed by atoms with Crippen LogP contribution in [0.4, 0.5) is 18.0 Å². The Hall–Kier alpha value is -3.17. The van der Waals surface area contributed by atoms with Gasteiger partial charge in [0.2, 0.25) is 10.0 Å². The van der Waals surface area contributed by atoms with Gasteiger partial charge in [-0.25, -0.2) is 22.9 Å². The van der Waals surface area contributed by atoms with Gasteiger partial charge in [-0.05, 0) is 44.9 Å². The molecule has 3 aliphatic rings. The number of alkyl halides is 3. The monoisotopic (exact) mass is 569 g/mol. The molecule has 1 unspecified atom stereocenters. The summed E-state index contributed by atoms with van der Waals surface area (Å²) in [5, 5.41) is 3.06. The fraction of sp³-hybridized carbons (Fsp3) is 0.435. The summed E-state index contributed by atoms with van der Waals surface area (Å²) >= 11 is 1.29. The molecule has 38 heavy (non-hydrogen) atoms. The molecule has 0 bridgehead atoms. The number of imide groups is 1. The van der Waals surface area contributed by atoms with Gasteiger partial charge in [0, 0.05) is 18.8 Å². The quantitative estimate of drug-likeness (QED) is 0.513. The zero-order valence-corrected chi connectivity index (χ0v) is 22.2. The fourth-order valence-corrected chi connectivity index (χ4v) is 6.66. The van der Waals surface area contributed by atoms with Crippen LogP contribution in [0.15, 0.2) is 36.1 Å². The first-order chi connectivity index (χ1) is 17.7. The van der Waals surface area contributed by atoms with Crippen molar-refractivity contribution in [2.75, 3.05) is 0 Å². The van der Waals surface area contributed by atoms with E-state index in [1.54, 1.807) is 13.8 Å². The van der Waals surface area contributed by atoms with E-state index in [9.17, 15) is 31.2 Å². The molecule has 0 spiro atoms. The third-order valence-electron chi connectivity index (χ3n) is 6.60. The van der Waals surface area contributed by atoms with E-state index >= 15 is 0 Å². The predicted octanol–water partition coefficient (Wildman–Crippen LogP) is 2.66. The van der Waals surface area contributed by atoms with E-state index in [1.807, 2.05) is 0 Å². The third-order valence-corrected chi connectivity index (χ3v) is 9.28. The van der Waals surface area contributed by atoms with Crippen molar-refractivity contribution in [1.29, 1.82) is 0 Å². The maximum atomic E-state index is 13.5. The minimum atomic E-state index is -4.68. The number of aryl methyl sites for hydroxylation is 2. The zero-order valence-electron chi connectivity index (χ0n) is 20.6. The number of hydrogen-bond acceptors (Lipinski definition) is 7. The van der Waals surface area contributed by atoms with Gasteiger partial charge < -0.3 is 0 Å². The number of carbonyl (C=O) groups excluding carboxylic acids is 2. The van der Waals surface area contributed by atoms with Crippen LogP contribution in [-0.4, -0.2) is 61.1 Å². The molecule has 202 valence electrons. The number of sulfonamides is 1. The van der Waals surface area contributed by atoms with Crippen molar-refractivity contribution >= 4 is 39.0 Å². The Morgan fingerprint density at radius 1 is 1.29 bits per heavy atom. The van der Waals surface area contributed by atoms with E-state index < -0.39 is 44.6 Å². The van der Waals surface area contributed by atoms with Crippen molar-refractivity contribution < 1.29 is 35.8 Å². The molecule has 1 aliphatic heterocycles. The first-order valence-electron chi connectivity index (χ1n) is 11.6. The molecule has 1 N–H and O–H groups in total. The lowest BCUT2D eigenvalue weighted by Gasteiger charge is -2.26. The normalized spacial score (nSPS) is 21.2. The van der Waals surface area contributed by atoms with Gasteiger partial charge in [0.1, 0.15) is 29.6 Å². The van der Waals surface area contributed by atoms with Crippen LogP contribution in [0.5, 0.6) is 0 Å². The molecule has 1 atom stereocenters. The van der Waals surface area contributed by atoms with E-state index in [0.717, 1.165) is 25.2 Å². The average molecular weight is 570 g/mol. The van der Waals surface area contributed by atoms with E-state index in [4.69, 9.17) is 0 Å². The van der Waals surface area contributed by atoms with Gasteiger partial charge in [-0.15, -0.1) is 11.3 Å². The van der Waals surface area contributed by atoms with Crippen LogP contribution in [0, 0.1) is 6.92 Å². The molecule has 1 saturated carbocycles. The molecule has 5 rings (SSSR count). The first kappa shape index (κ1) is 26.4. The van der Waals surface area contributed by atoms with Gasteiger partial charge in [0.15, 0.2) is 5.69 Å². The molecule has 1 fully saturated rings. The molecule has 2 aliphatic carbocycles. The van der Waals surface area contributed by atoms with E-state index in [1.165, 1.54) is 42.8 Å². The number of urea groups is 1. The second kappa shape index (κ2) is 8.95. The summed E-state index contributed by atoms with van der Waals surface area (Å²) in [5.41, 5.74) is -1.48. The highest BCUT2D eigenvalue weighted by molar-refractivity contribution is 7.90. The fourth-order valence-electron chi connectivity index (χ4n) is 4.25. The van der Waals surface area contributed by atoms with Gasteiger partial charge in [-0.3, -0.25) is 4.68 Å². The number of rotatable bonds is 7. The molecule has 2 aromatic rings. The maximum absolute atomic E-state index is 13.5. The largest absolute Gasteiger partial charge is 0.502 e. The van der Waals surface area contributed by atoms with Crippen LogP contribution >= 0.6 is 11.3 Å². The number of halogens is 3. The third kappa shape index (κ3) is 4.97. The minimum absolute atomic E-state index is 0.0251. The van der Waals surface area contributed by atoms with Crippen LogP contribution in [0.3, 0.4) is 0 Å². The van der Waals surface area contributed by atoms with E-state index in [2.05, 4.69) is 14.8 Å². The van der Waals surface area contributed by atoms with Crippen molar-refractivity contribution in [3.8, 4) is 0 Å². The Morgan fingerprint density at radius 3 is 2.58 bits per heavy atom. The number of thiazole rings is 1. The SMILES string of the molecule is Cc1ncc(CN2C(=O)C3=CC(S(=O)(=O)NC4(C)CC4)C=CC3=[N+](Cc3cc(C(F)(F)F)nn3C)C2=O)s1. The Labute approximate surface area is 220 Å². The summed E-state index contributed by atoms with van der Waals surface area (Å²) in [6.45, 7) is 3.11. The Bertz CT molecular complexity index is 1550. The maximum Gasteiger partial charge on any atom is 0.502 e. The zero-order chi connectivity index (χ0) is 27.6. The predicted molar refractivity (Wildman–Crippen MR) is 131 cm³/mol. The molecule has 2 aromatic heterocycles. The number of aromatic nitrogens is 3. The molecule has 0 saturated heterocycles. The van der Waals surface area contributed by atoms with Gasteiger partial charge >= 0.3 is 18.1 Å². The lowest BCUT2D eigenvalue weighted by atomic mass is 9.99. The van der Waals surface area contributed by atoms with Crippen molar-refractivity contribution in [3.05, 3.63) is 57.3 Å². The summed E-state index contributed by atoms with van der Waals surface area (Å²) in [6, 6.07) is 0.0856. The van der Waals surface area contributed by atoms with Crippen molar-refractivity contribution in [3.63, 3.8) is 0 Å². The summed E-state index contributed by atoms with van der Waals surface area (Å²) in [6.07, 6.45) is 2.25. The lowest BCUT2D eigenvalue weighted by molar-refractivity contribution is -0.454.